The van der Waals surface area contributed by atoms with Crippen LogP contribution in [0.5, 0.6) is 0 Å². The van der Waals surface area contributed by atoms with Crippen LogP contribution >= 0.6 is 23.4 Å². The fourth-order valence-electron chi connectivity index (χ4n) is 1.83. The number of H-pyrrole nitrogens is 1. The zero-order chi connectivity index (χ0) is 13.9. The van der Waals surface area contributed by atoms with Crippen LogP contribution in [0.4, 0.5) is 4.39 Å². The van der Waals surface area contributed by atoms with Crippen molar-refractivity contribution in [2.75, 3.05) is 6.67 Å². The zero-order valence-electron chi connectivity index (χ0n) is 10.4. The lowest BCUT2D eigenvalue weighted by molar-refractivity contribution is 0.421. The molecule has 0 saturated carbocycles. The van der Waals surface area contributed by atoms with Gasteiger partial charge in [-0.25, -0.2) is 19.0 Å². The van der Waals surface area contributed by atoms with Crippen molar-refractivity contribution in [2.45, 2.75) is 17.5 Å². The monoisotopic (exact) mass is 311 g/mol. The number of benzene rings is 1. The van der Waals surface area contributed by atoms with Gasteiger partial charge in [-0.1, -0.05) is 23.4 Å². The molecule has 3 aromatic rings. The highest BCUT2D eigenvalue weighted by molar-refractivity contribution is 7.98. The largest absolute Gasteiger partial charge is 0.333 e. The number of thioether (sulfide) groups is 1. The number of rotatable bonds is 5. The van der Waals surface area contributed by atoms with Gasteiger partial charge in [-0.15, -0.1) is 0 Å². The molecule has 0 aliphatic carbocycles. The van der Waals surface area contributed by atoms with Crippen molar-refractivity contribution in [2.24, 2.45) is 0 Å². The fraction of sp³-hybridized carbons (Fsp3) is 0.250. The summed E-state index contributed by atoms with van der Waals surface area (Å²) in [5.41, 5.74) is 1.76. The Morgan fingerprint density at radius 1 is 1.40 bits per heavy atom. The second kappa shape index (κ2) is 5.80. The molecule has 0 fully saturated rings. The molecule has 0 aliphatic rings. The van der Waals surface area contributed by atoms with Crippen molar-refractivity contribution in [3.8, 4) is 0 Å². The van der Waals surface area contributed by atoms with Gasteiger partial charge in [-0.05, 0) is 18.2 Å². The molecule has 8 heteroatoms. The van der Waals surface area contributed by atoms with E-state index in [2.05, 4.69) is 20.1 Å². The Bertz CT molecular complexity index is 726. The Balaban J connectivity index is 1.74. The Kier molecular flexibility index (Phi) is 3.88. The molecule has 3 rings (SSSR count). The summed E-state index contributed by atoms with van der Waals surface area (Å²) in [6.45, 7) is -0.226. The quantitative estimate of drug-likeness (QED) is 0.736. The second-order valence-electron chi connectivity index (χ2n) is 4.08. The summed E-state index contributed by atoms with van der Waals surface area (Å²) in [5.74, 6) is 1.30. The van der Waals surface area contributed by atoms with Crippen LogP contribution in [0.15, 0.2) is 29.7 Å². The summed E-state index contributed by atoms with van der Waals surface area (Å²) < 4.78 is 13.9. The summed E-state index contributed by atoms with van der Waals surface area (Å²) >= 11 is 7.42. The highest BCUT2D eigenvalue weighted by Gasteiger charge is 2.08. The molecule has 1 aromatic carbocycles. The van der Waals surface area contributed by atoms with Crippen molar-refractivity contribution in [3.63, 3.8) is 0 Å². The molecule has 0 spiro atoms. The van der Waals surface area contributed by atoms with Crippen LogP contribution in [-0.4, -0.2) is 31.4 Å². The van der Waals surface area contributed by atoms with Crippen molar-refractivity contribution in [1.82, 2.24) is 24.7 Å². The maximum atomic E-state index is 12.4. The lowest BCUT2D eigenvalue weighted by atomic mass is 10.3. The van der Waals surface area contributed by atoms with Gasteiger partial charge < -0.3 is 4.98 Å². The number of hydrogen-bond acceptors (Lipinski definition) is 4. The number of aromatic amines is 1. The number of hydrogen-bond donors (Lipinski definition) is 1. The van der Waals surface area contributed by atoms with Gasteiger partial charge in [0.05, 0.1) is 23.3 Å². The lowest BCUT2D eigenvalue weighted by Crippen LogP contribution is -2.06. The van der Waals surface area contributed by atoms with Crippen molar-refractivity contribution in [1.29, 1.82) is 0 Å². The molecule has 0 atom stereocenters. The summed E-state index contributed by atoms with van der Waals surface area (Å²) in [6, 6.07) is 5.50. The zero-order valence-corrected chi connectivity index (χ0v) is 12.0. The molecule has 2 heterocycles. The highest BCUT2D eigenvalue weighted by Crippen LogP contribution is 2.24. The van der Waals surface area contributed by atoms with Gasteiger partial charge in [0.1, 0.15) is 18.8 Å². The molecule has 0 aliphatic heterocycles. The third-order valence-corrected chi connectivity index (χ3v) is 3.86. The van der Waals surface area contributed by atoms with Gasteiger partial charge in [-0.2, -0.15) is 5.10 Å². The number of aryl methyl sites for hydroxylation is 1. The average molecular weight is 312 g/mol. The molecule has 20 heavy (non-hydrogen) atoms. The number of nitrogens with zero attached hydrogens (tertiary/aromatic N) is 4. The summed E-state index contributed by atoms with van der Waals surface area (Å²) in [6.07, 6.45) is 1.43. The van der Waals surface area contributed by atoms with Gasteiger partial charge in [0, 0.05) is 5.02 Å². The molecule has 0 bridgehead atoms. The van der Waals surface area contributed by atoms with Crippen LogP contribution < -0.4 is 0 Å². The van der Waals surface area contributed by atoms with E-state index in [0.717, 1.165) is 22.0 Å². The van der Waals surface area contributed by atoms with Gasteiger partial charge in [0.2, 0.25) is 0 Å². The maximum Gasteiger partial charge on any atom is 0.166 e. The first-order chi connectivity index (χ1) is 9.76. The molecule has 0 radical (unpaired) electrons. The molecule has 104 valence electrons. The van der Waals surface area contributed by atoms with Gasteiger partial charge in [-0.3, -0.25) is 0 Å². The molecule has 1 N–H and O–H groups in total. The van der Waals surface area contributed by atoms with Gasteiger partial charge in [0.25, 0.3) is 0 Å². The predicted octanol–water partition coefficient (Wildman–Crippen LogP) is 3.07. The van der Waals surface area contributed by atoms with Gasteiger partial charge in [0.15, 0.2) is 5.16 Å². The lowest BCUT2D eigenvalue weighted by Gasteiger charge is -2.01. The third kappa shape index (κ3) is 2.78. The Morgan fingerprint density at radius 2 is 2.30 bits per heavy atom. The van der Waals surface area contributed by atoms with Gasteiger partial charge >= 0.3 is 0 Å². The van der Waals surface area contributed by atoms with Crippen LogP contribution in [-0.2, 0) is 12.3 Å². The minimum Gasteiger partial charge on any atom is -0.333 e. The van der Waals surface area contributed by atoms with E-state index in [0.29, 0.717) is 10.8 Å². The maximum absolute atomic E-state index is 12.4. The molecule has 0 unspecified atom stereocenters. The molecular formula is C12H11ClFN5S. The van der Waals surface area contributed by atoms with E-state index in [-0.39, 0.29) is 6.54 Å². The Hall–Kier alpha value is -1.60. The number of fused-ring (bicyclic) bond motifs is 1. The van der Waals surface area contributed by atoms with E-state index in [9.17, 15) is 4.39 Å². The minimum absolute atomic E-state index is 0.228. The topological polar surface area (TPSA) is 59.4 Å². The van der Waals surface area contributed by atoms with Crippen molar-refractivity contribution < 1.29 is 4.39 Å². The average Bonchev–Trinajstić information content (AvgIpc) is 3.02. The number of nitrogens with one attached hydrogen (secondary N) is 1. The van der Waals surface area contributed by atoms with E-state index in [1.54, 1.807) is 10.7 Å². The standard InChI is InChI=1S/C12H11ClFN5S/c13-8-1-2-9-10(5-8)18-12(17-9)20-6-11-15-7-16-19(11)4-3-14/h1-2,5,7H,3-4,6H2,(H,17,18). The van der Waals surface area contributed by atoms with Crippen molar-refractivity contribution in [3.05, 3.63) is 35.4 Å². The van der Waals surface area contributed by atoms with Crippen LogP contribution in [0.2, 0.25) is 5.02 Å². The molecule has 2 aromatic heterocycles. The SMILES string of the molecule is FCCn1ncnc1CSc1nc2ccc(Cl)cc2[nH]1. The first kappa shape index (κ1) is 13.4. The summed E-state index contributed by atoms with van der Waals surface area (Å²) in [4.78, 5) is 11.8. The Labute approximate surface area is 123 Å². The fourth-order valence-corrected chi connectivity index (χ4v) is 2.83. The van der Waals surface area contributed by atoms with Crippen LogP contribution in [0.3, 0.4) is 0 Å². The summed E-state index contributed by atoms with van der Waals surface area (Å²) in [7, 11) is 0. The normalized spacial score (nSPS) is 11.3. The summed E-state index contributed by atoms with van der Waals surface area (Å²) in [5, 5.41) is 5.42. The van der Waals surface area contributed by atoms with Crippen LogP contribution in [0.1, 0.15) is 5.82 Å². The van der Waals surface area contributed by atoms with E-state index in [1.807, 2.05) is 12.1 Å². The highest BCUT2D eigenvalue weighted by atomic mass is 35.5. The number of halogens is 2. The Morgan fingerprint density at radius 3 is 3.15 bits per heavy atom. The minimum atomic E-state index is -0.454. The van der Waals surface area contributed by atoms with E-state index < -0.39 is 6.67 Å². The van der Waals surface area contributed by atoms with Crippen LogP contribution in [0, 0.1) is 0 Å². The van der Waals surface area contributed by atoms with E-state index in [1.165, 1.54) is 18.1 Å². The number of imidazole rings is 1. The third-order valence-electron chi connectivity index (χ3n) is 2.75. The second-order valence-corrected chi connectivity index (χ2v) is 5.48. The molecule has 0 saturated heterocycles. The molecular weight excluding hydrogens is 301 g/mol. The molecule has 0 amide bonds. The van der Waals surface area contributed by atoms with Crippen LogP contribution in [0.25, 0.3) is 11.0 Å². The van der Waals surface area contributed by atoms with Crippen molar-refractivity contribution >= 4 is 34.4 Å². The molecule has 5 nitrogen and oxygen atoms in total. The smallest absolute Gasteiger partial charge is 0.166 e. The number of alkyl halides is 1. The van der Waals surface area contributed by atoms with E-state index in [4.69, 9.17) is 11.6 Å². The first-order valence-electron chi connectivity index (χ1n) is 5.97. The predicted molar refractivity (Wildman–Crippen MR) is 76.7 cm³/mol. The number of aromatic nitrogens is 5. The first-order valence-corrected chi connectivity index (χ1v) is 7.33. The van der Waals surface area contributed by atoms with E-state index >= 15 is 0 Å².